The van der Waals surface area contributed by atoms with Crippen molar-refractivity contribution in [2.45, 2.75) is 6.92 Å². The maximum atomic E-state index is 11.7. The summed E-state index contributed by atoms with van der Waals surface area (Å²) in [6.07, 6.45) is 0. The average Bonchev–Trinajstić information content (AvgIpc) is 2.32. The van der Waals surface area contributed by atoms with E-state index in [2.05, 4.69) is 5.32 Å². The van der Waals surface area contributed by atoms with Gasteiger partial charge < -0.3 is 15.2 Å². The number of halogens is 1. The van der Waals surface area contributed by atoms with E-state index in [4.69, 9.17) is 16.3 Å². The van der Waals surface area contributed by atoms with E-state index in [1.807, 2.05) is 0 Å². The third-order valence-corrected chi connectivity index (χ3v) is 2.46. The molecule has 1 amide bonds. The standard InChI is InChI=1S/C12H16ClNO3/c1-9-10(3-2-4-11(9)15)12(16)14-6-8-17-7-5-13/h2-4,15H,5-8H2,1H3,(H,14,16). The molecule has 94 valence electrons. The molecule has 17 heavy (non-hydrogen) atoms. The van der Waals surface area contributed by atoms with Gasteiger partial charge in [0.05, 0.1) is 13.2 Å². The molecule has 0 radical (unpaired) electrons. The molecule has 0 saturated carbocycles. The second-order valence-corrected chi connectivity index (χ2v) is 3.88. The lowest BCUT2D eigenvalue weighted by Gasteiger charge is -2.08. The van der Waals surface area contributed by atoms with Gasteiger partial charge in [-0.25, -0.2) is 0 Å². The molecule has 5 heteroatoms. The Kier molecular flexibility index (Phi) is 5.80. The Morgan fingerprint density at radius 1 is 1.47 bits per heavy atom. The van der Waals surface area contributed by atoms with Crippen LogP contribution >= 0.6 is 11.6 Å². The maximum Gasteiger partial charge on any atom is 0.251 e. The van der Waals surface area contributed by atoms with Gasteiger partial charge in [0, 0.05) is 23.6 Å². The highest BCUT2D eigenvalue weighted by Gasteiger charge is 2.10. The molecule has 0 saturated heterocycles. The van der Waals surface area contributed by atoms with E-state index >= 15 is 0 Å². The highest BCUT2D eigenvalue weighted by Crippen LogP contribution is 2.19. The largest absolute Gasteiger partial charge is 0.508 e. The number of hydrogen-bond donors (Lipinski definition) is 2. The van der Waals surface area contributed by atoms with Crippen LogP contribution in [0.3, 0.4) is 0 Å². The SMILES string of the molecule is Cc1c(O)cccc1C(=O)NCCOCCCl. The van der Waals surface area contributed by atoms with Crippen molar-refractivity contribution in [3.8, 4) is 5.75 Å². The number of nitrogens with one attached hydrogen (secondary N) is 1. The van der Waals surface area contributed by atoms with Crippen molar-refractivity contribution in [2.75, 3.05) is 25.6 Å². The minimum atomic E-state index is -0.215. The Hall–Kier alpha value is -1.26. The van der Waals surface area contributed by atoms with Gasteiger partial charge in [0.1, 0.15) is 5.75 Å². The highest BCUT2D eigenvalue weighted by atomic mass is 35.5. The van der Waals surface area contributed by atoms with E-state index in [1.165, 1.54) is 0 Å². The van der Waals surface area contributed by atoms with Gasteiger partial charge >= 0.3 is 0 Å². The van der Waals surface area contributed by atoms with Gasteiger partial charge in [-0.3, -0.25) is 4.79 Å². The van der Waals surface area contributed by atoms with E-state index < -0.39 is 0 Å². The first-order valence-corrected chi connectivity index (χ1v) is 5.90. The number of phenols is 1. The molecule has 0 unspecified atom stereocenters. The molecule has 1 rings (SSSR count). The second-order valence-electron chi connectivity index (χ2n) is 3.51. The first-order chi connectivity index (χ1) is 8.16. The number of benzene rings is 1. The summed E-state index contributed by atoms with van der Waals surface area (Å²) in [4.78, 5) is 11.7. The second kappa shape index (κ2) is 7.14. The lowest BCUT2D eigenvalue weighted by molar-refractivity contribution is 0.0922. The molecule has 0 aliphatic carbocycles. The number of aromatic hydroxyl groups is 1. The fraction of sp³-hybridized carbons (Fsp3) is 0.417. The Morgan fingerprint density at radius 3 is 2.94 bits per heavy atom. The van der Waals surface area contributed by atoms with Crippen LogP contribution in [0.5, 0.6) is 5.75 Å². The molecule has 0 aliphatic heterocycles. The maximum absolute atomic E-state index is 11.7. The Labute approximate surface area is 106 Å². The predicted octanol–water partition coefficient (Wildman–Crippen LogP) is 1.69. The normalized spacial score (nSPS) is 10.2. The van der Waals surface area contributed by atoms with E-state index in [-0.39, 0.29) is 11.7 Å². The molecule has 0 atom stereocenters. The van der Waals surface area contributed by atoms with Gasteiger partial charge in [-0.1, -0.05) is 6.07 Å². The lowest BCUT2D eigenvalue weighted by atomic mass is 10.1. The van der Waals surface area contributed by atoms with Gasteiger partial charge in [-0.05, 0) is 19.1 Å². The smallest absolute Gasteiger partial charge is 0.251 e. The van der Waals surface area contributed by atoms with E-state index in [0.717, 1.165) is 0 Å². The van der Waals surface area contributed by atoms with Gasteiger partial charge in [0.25, 0.3) is 5.91 Å². The minimum absolute atomic E-state index is 0.121. The number of phenolic OH excluding ortho intramolecular Hbond substituents is 1. The number of carbonyl (C=O) groups excluding carboxylic acids is 1. The third kappa shape index (κ3) is 4.24. The van der Waals surface area contributed by atoms with Crippen molar-refractivity contribution >= 4 is 17.5 Å². The van der Waals surface area contributed by atoms with Crippen LogP contribution in [-0.2, 0) is 4.74 Å². The zero-order chi connectivity index (χ0) is 12.7. The van der Waals surface area contributed by atoms with Gasteiger partial charge in [-0.2, -0.15) is 0 Å². The number of amides is 1. The summed E-state index contributed by atoms with van der Waals surface area (Å²) >= 11 is 5.44. The monoisotopic (exact) mass is 257 g/mol. The van der Waals surface area contributed by atoms with Crippen molar-refractivity contribution < 1.29 is 14.6 Å². The summed E-state index contributed by atoms with van der Waals surface area (Å²) in [5.41, 5.74) is 1.05. The Morgan fingerprint density at radius 2 is 2.24 bits per heavy atom. The van der Waals surface area contributed by atoms with Gasteiger partial charge in [-0.15, -0.1) is 11.6 Å². The van der Waals surface area contributed by atoms with Crippen molar-refractivity contribution in [3.63, 3.8) is 0 Å². The van der Waals surface area contributed by atoms with Crippen molar-refractivity contribution in [2.24, 2.45) is 0 Å². The van der Waals surface area contributed by atoms with Crippen LogP contribution in [0.1, 0.15) is 15.9 Å². The van der Waals surface area contributed by atoms with Gasteiger partial charge in [0.15, 0.2) is 0 Å². The number of ether oxygens (including phenoxy) is 1. The van der Waals surface area contributed by atoms with Crippen LogP contribution in [0, 0.1) is 6.92 Å². The van der Waals surface area contributed by atoms with E-state index in [0.29, 0.717) is 36.8 Å². The average molecular weight is 258 g/mol. The van der Waals surface area contributed by atoms with Crippen molar-refractivity contribution in [1.29, 1.82) is 0 Å². The van der Waals surface area contributed by atoms with Gasteiger partial charge in [0.2, 0.25) is 0 Å². The fourth-order valence-corrected chi connectivity index (χ4v) is 1.47. The molecule has 0 aromatic heterocycles. The molecule has 0 aliphatic rings. The summed E-state index contributed by atoms with van der Waals surface area (Å²) in [5, 5.41) is 12.2. The fourth-order valence-electron chi connectivity index (χ4n) is 1.36. The summed E-state index contributed by atoms with van der Waals surface area (Å²) < 4.78 is 5.13. The van der Waals surface area contributed by atoms with Crippen LogP contribution in [-0.4, -0.2) is 36.7 Å². The van der Waals surface area contributed by atoms with E-state index in [1.54, 1.807) is 25.1 Å². The predicted molar refractivity (Wildman–Crippen MR) is 66.7 cm³/mol. The summed E-state index contributed by atoms with van der Waals surface area (Å²) in [7, 11) is 0. The summed E-state index contributed by atoms with van der Waals surface area (Å²) in [6, 6.07) is 4.86. The van der Waals surface area contributed by atoms with Crippen molar-refractivity contribution in [3.05, 3.63) is 29.3 Å². The molecule has 0 spiro atoms. The van der Waals surface area contributed by atoms with Crippen LogP contribution in [0.2, 0.25) is 0 Å². The van der Waals surface area contributed by atoms with E-state index in [9.17, 15) is 9.90 Å². The Bertz CT molecular complexity index is 382. The molecule has 4 nitrogen and oxygen atoms in total. The number of alkyl halides is 1. The summed E-state index contributed by atoms with van der Waals surface area (Å²) in [5.74, 6) is 0.350. The first kappa shape index (κ1) is 13.8. The van der Waals surface area contributed by atoms with Crippen molar-refractivity contribution in [1.82, 2.24) is 5.32 Å². The summed E-state index contributed by atoms with van der Waals surface area (Å²) in [6.45, 7) is 3.03. The molecule has 0 heterocycles. The number of carbonyl (C=O) groups is 1. The van der Waals surface area contributed by atoms with Crippen LogP contribution < -0.4 is 5.32 Å². The van der Waals surface area contributed by atoms with Crippen LogP contribution in [0.25, 0.3) is 0 Å². The van der Waals surface area contributed by atoms with Crippen LogP contribution in [0.4, 0.5) is 0 Å². The molecule has 0 fully saturated rings. The highest BCUT2D eigenvalue weighted by molar-refractivity contribution is 6.17. The zero-order valence-electron chi connectivity index (χ0n) is 9.70. The molecular weight excluding hydrogens is 242 g/mol. The number of rotatable bonds is 6. The first-order valence-electron chi connectivity index (χ1n) is 5.37. The third-order valence-electron chi connectivity index (χ3n) is 2.30. The quantitative estimate of drug-likeness (QED) is 0.602. The Balaban J connectivity index is 2.44. The lowest BCUT2D eigenvalue weighted by Crippen LogP contribution is -2.28. The number of hydrogen-bond acceptors (Lipinski definition) is 3. The molecule has 1 aromatic rings. The molecule has 0 bridgehead atoms. The topological polar surface area (TPSA) is 58.6 Å². The molecular formula is C12H16ClNO3. The molecule has 1 aromatic carbocycles. The zero-order valence-corrected chi connectivity index (χ0v) is 10.5. The van der Waals surface area contributed by atoms with Crippen LogP contribution in [0.15, 0.2) is 18.2 Å². The minimum Gasteiger partial charge on any atom is -0.508 e. The molecule has 2 N–H and O–H groups in total.